The standard InChI is InChI=1S/C18H16FN3O/c1-10(23)11-3-2-4-14(8-11)20-18-16-9-12-7-13(19)5-6-15(12)17(16)21-22-18/h2-10,20-23H,1H3. The predicted octanol–water partition coefficient (Wildman–Crippen LogP) is 4.54. The van der Waals surface area contributed by atoms with Crippen molar-refractivity contribution in [2.45, 2.75) is 13.0 Å². The summed E-state index contributed by atoms with van der Waals surface area (Å²) in [5.74, 6) is 0.563. The van der Waals surface area contributed by atoms with Crippen LogP contribution in [0.3, 0.4) is 0 Å². The Morgan fingerprint density at radius 2 is 1.96 bits per heavy atom. The molecule has 0 amide bonds. The van der Waals surface area contributed by atoms with E-state index in [-0.39, 0.29) is 5.82 Å². The number of hydrogen-bond donors (Lipinski definition) is 4. The highest BCUT2D eigenvalue weighted by molar-refractivity contribution is 6.04. The molecule has 1 heterocycles. The third-order valence-electron chi connectivity index (χ3n) is 4.07. The van der Waals surface area contributed by atoms with Gasteiger partial charge in [0.1, 0.15) is 11.6 Å². The molecule has 1 aliphatic heterocycles. The van der Waals surface area contributed by atoms with Gasteiger partial charge in [0.2, 0.25) is 0 Å². The summed E-state index contributed by atoms with van der Waals surface area (Å²) in [5.41, 5.74) is 3.62. The van der Waals surface area contributed by atoms with Gasteiger partial charge in [-0.25, -0.2) is 4.39 Å². The molecule has 1 aliphatic carbocycles. The summed E-state index contributed by atoms with van der Waals surface area (Å²) < 4.78 is 13.4. The van der Waals surface area contributed by atoms with Gasteiger partial charge in [-0.2, -0.15) is 0 Å². The van der Waals surface area contributed by atoms with Crippen molar-refractivity contribution >= 4 is 22.3 Å². The van der Waals surface area contributed by atoms with Crippen molar-refractivity contribution in [2.75, 3.05) is 5.32 Å². The van der Waals surface area contributed by atoms with Crippen LogP contribution in [-0.2, 0) is 0 Å². The van der Waals surface area contributed by atoms with E-state index in [1.165, 1.54) is 12.1 Å². The second kappa shape index (κ2) is 5.14. The van der Waals surface area contributed by atoms with Gasteiger partial charge in [-0.3, -0.25) is 10.2 Å². The van der Waals surface area contributed by atoms with Gasteiger partial charge in [-0.1, -0.05) is 12.1 Å². The number of H-pyrrole nitrogens is 2. The quantitative estimate of drug-likeness (QED) is 0.449. The van der Waals surface area contributed by atoms with Crippen LogP contribution in [-0.4, -0.2) is 15.3 Å². The van der Waals surface area contributed by atoms with Crippen molar-refractivity contribution in [2.24, 2.45) is 0 Å². The van der Waals surface area contributed by atoms with E-state index in [0.717, 1.165) is 39.1 Å². The molecule has 2 aliphatic rings. The summed E-state index contributed by atoms with van der Waals surface area (Å²) >= 11 is 0. The van der Waals surface area contributed by atoms with Crippen LogP contribution in [0, 0.1) is 5.82 Å². The van der Waals surface area contributed by atoms with Gasteiger partial charge in [0.25, 0.3) is 0 Å². The Hall–Kier alpha value is -2.79. The number of halogens is 1. The summed E-state index contributed by atoms with van der Waals surface area (Å²) in [4.78, 5) is 0. The number of aliphatic hydroxyl groups excluding tert-OH is 1. The minimum absolute atomic E-state index is 0.242. The number of anilines is 2. The minimum atomic E-state index is -0.517. The van der Waals surface area contributed by atoms with E-state index >= 15 is 0 Å². The van der Waals surface area contributed by atoms with Crippen molar-refractivity contribution in [1.29, 1.82) is 0 Å². The number of fused-ring (bicyclic) bond motifs is 3. The normalized spacial score (nSPS) is 12.8. The van der Waals surface area contributed by atoms with Crippen LogP contribution in [0.25, 0.3) is 22.0 Å². The first-order valence-corrected chi connectivity index (χ1v) is 7.45. The monoisotopic (exact) mass is 309 g/mol. The fraction of sp³-hybridized carbons (Fsp3) is 0.111. The molecule has 0 bridgehead atoms. The lowest BCUT2D eigenvalue weighted by Crippen LogP contribution is -1.95. The van der Waals surface area contributed by atoms with Gasteiger partial charge in [0.05, 0.1) is 11.8 Å². The molecule has 4 N–H and O–H groups in total. The molecule has 0 spiro atoms. The van der Waals surface area contributed by atoms with Gasteiger partial charge in [0.15, 0.2) is 0 Å². The zero-order chi connectivity index (χ0) is 16.0. The Labute approximate surface area is 132 Å². The fourth-order valence-electron chi connectivity index (χ4n) is 2.90. The van der Waals surface area contributed by atoms with Crippen LogP contribution in [0.5, 0.6) is 0 Å². The summed E-state index contributed by atoms with van der Waals surface area (Å²) in [6, 6.07) is 14.3. The van der Waals surface area contributed by atoms with Crippen LogP contribution in [0.15, 0.2) is 48.5 Å². The molecule has 0 aromatic heterocycles. The average molecular weight is 309 g/mol. The molecule has 1 unspecified atom stereocenters. The maximum Gasteiger partial charge on any atom is 0.132 e. The molecule has 2 aromatic carbocycles. The van der Waals surface area contributed by atoms with E-state index in [4.69, 9.17) is 0 Å². The number of aromatic amines is 2. The lowest BCUT2D eigenvalue weighted by atomic mass is 10.1. The summed E-state index contributed by atoms with van der Waals surface area (Å²) in [6.07, 6.45) is -0.517. The van der Waals surface area contributed by atoms with Crippen molar-refractivity contribution in [3.8, 4) is 11.3 Å². The van der Waals surface area contributed by atoms with Crippen molar-refractivity contribution in [3.63, 3.8) is 0 Å². The van der Waals surface area contributed by atoms with Gasteiger partial charge in [-0.15, -0.1) is 0 Å². The number of aliphatic hydroxyl groups is 1. The third-order valence-corrected chi connectivity index (χ3v) is 4.07. The Balaban J connectivity index is 1.73. The molecule has 2 aromatic rings. The molecular formula is C18H16FN3O. The fourth-order valence-corrected chi connectivity index (χ4v) is 2.90. The molecule has 5 heteroatoms. The van der Waals surface area contributed by atoms with Gasteiger partial charge < -0.3 is 10.4 Å². The maximum absolute atomic E-state index is 13.4. The average Bonchev–Trinajstić information content (AvgIpc) is 3.07. The summed E-state index contributed by atoms with van der Waals surface area (Å²) in [7, 11) is 0. The summed E-state index contributed by atoms with van der Waals surface area (Å²) in [5, 5.41) is 21.1. The van der Waals surface area contributed by atoms with E-state index in [2.05, 4.69) is 15.5 Å². The lowest BCUT2D eigenvalue weighted by Gasteiger charge is -2.09. The Morgan fingerprint density at radius 3 is 2.78 bits per heavy atom. The first-order chi connectivity index (χ1) is 11.1. The maximum atomic E-state index is 13.4. The van der Waals surface area contributed by atoms with E-state index in [0.29, 0.717) is 0 Å². The first kappa shape index (κ1) is 13.8. The Bertz CT molecular complexity index is 954. The van der Waals surface area contributed by atoms with E-state index in [9.17, 15) is 9.50 Å². The molecule has 0 radical (unpaired) electrons. The van der Waals surface area contributed by atoms with E-state index in [1.807, 2.05) is 30.3 Å². The highest BCUT2D eigenvalue weighted by Gasteiger charge is 2.17. The van der Waals surface area contributed by atoms with Crippen molar-refractivity contribution in [1.82, 2.24) is 10.2 Å². The molecule has 1 atom stereocenters. The van der Waals surface area contributed by atoms with Crippen LogP contribution in [0.2, 0.25) is 0 Å². The molecule has 4 rings (SSSR count). The number of aromatic nitrogens is 2. The van der Waals surface area contributed by atoms with Gasteiger partial charge in [0, 0.05) is 16.6 Å². The Kier molecular flexibility index (Phi) is 3.09. The number of rotatable bonds is 3. The van der Waals surface area contributed by atoms with E-state index in [1.54, 1.807) is 13.0 Å². The zero-order valence-corrected chi connectivity index (χ0v) is 12.5. The lowest BCUT2D eigenvalue weighted by molar-refractivity contribution is 0.199. The van der Waals surface area contributed by atoms with E-state index < -0.39 is 6.10 Å². The molecule has 0 saturated carbocycles. The van der Waals surface area contributed by atoms with Crippen molar-refractivity contribution in [3.05, 3.63) is 59.9 Å². The van der Waals surface area contributed by atoms with Crippen LogP contribution >= 0.6 is 0 Å². The topological polar surface area (TPSA) is 63.8 Å². The van der Waals surface area contributed by atoms with Crippen LogP contribution < -0.4 is 5.32 Å². The second-order valence-corrected chi connectivity index (χ2v) is 5.72. The van der Waals surface area contributed by atoms with Crippen LogP contribution in [0.1, 0.15) is 18.6 Å². The SMILES string of the molecule is CC(O)c1cccc(Nc2[nH][nH]c3c4ccc(F)cc4cc2-3)c1. The highest BCUT2D eigenvalue weighted by Crippen LogP contribution is 2.38. The van der Waals surface area contributed by atoms with Crippen LogP contribution in [0.4, 0.5) is 15.9 Å². The largest absolute Gasteiger partial charge is 0.389 e. The van der Waals surface area contributed by atoms with Crippen molar-refractivity contribution < 1.29 is 9.50 Å². The van der Waals surface area contributed by atoms with Gasteiger partial charge in [-0.05, 0) is 54.3 Å². The minimum Gasteiger partial charge on any atom is -0.389 e. The molecule has 0 fully saturated rings. The smallest absolute Gasteiger partial charge is 0.132 e. The first-order valence-electron chi connectivity index (χ1n) is 7.45. The predicted molar refractivity (Wildman–Crippen MR) is 89.6 cm³/mol. The molecular weight excluding hydrogens is 293 g/mol. The number of nitrogens with one attached hydrogen (secondary N) is 3. The van der Waals surface area contributed by atoms with Gasteiger partial charge >= 0.3 is 0 Å². The summed E-state index contributed by atoms with van der Waals surface area (Å²) in [6.45, 7) is 1.73. The molecule has 23 heavy (non-hydrogen) atoms. The number of hydrogen-bond acceptors (Lipinski definition) is 2. The number of benzene rings is 2. The highest BCUT2D eigenvalue weighted by atomic mass is 19.1. The third kappa shape index (κ3) is 2.35. The molecule has 116 valence electrons. The second-order valence-electron chi connectivity index (χ2n) is 5.72. The molecule has 0 saturated heterocycles. The Morgan fingerprint density at radius 1 is 1.09 bits per heavy atom. The zero-order valence-electron chi connectivity index (χ0n) is 12.5. The molecule has 4 nitrogen and oxygen atoms in total.